The number of aromatic nitrogens is 3. The Kier molecular flexibility index (Phi) is 8.66. The van der Waals surface area contributed by atoms with Gasteiger partial charge in [-0.05, 0) is 57.0 Å². The Balaban J connectivity index is 1.64. The molecule has 0 radical (unpaired) electrons. The van der Waals surface area contributed by atoms with Crippen LogP contribution in [0, 0.1) is 0 Å². The molecule has 38 heavy (non-hydrogen) atoms. The molecule has 1 aromatic carbocycles. The molecule has 0 saturated carbocycles. The van der Waals surface area contributed by atoms with Crippen molar-refractivity contribution in [1.29, 1.82) is 0 Å². The number of rotatable bonds is 9. The van der Waals surface area contributed by atoms with Crippen LogP contribution in [0.5, 0.6) is 0 Å². The smallest absolute Gasteiger partial charge is 0.287 e. The third kappa shape index (κ3) is 6.49. The number of aliphatic hydroxyl groups is 1. The zero-order chi connectivity index (χ0) is 27.4. The summed E-state index contributed by atoms with van der Waals surface area (Å²) >= 11 is 5.86. The minimum Gasteiger partial charge on any atom is -0.395 e. The summed E-state index contributed by atoms with van der Waals surface area (Å²) in [6.07, 6.45) is 2.97. The van der Waals surface area contributed by atoms with E-state index >= 15 is 0 Å². The largest absolute Gasteiger partial charge is 0.395 e. The van der Waals surface area contributed by atoms with Crippen LogP contribution in [0.3, 0.4) is 0 Å². The van der Waals surface area contributed by atoms with Crippen molar-refractivity contribution in [2.24, 2.45) is 0 Å². The van der Waals surface area contributed by atoms with E-state index < -0.39 is 34.0 Å². The topological polar surface area (TPSA) is 147 Å². The van der Waals surface area contributed by atoms with Crippen LogP contribution in [0.15, 0.2) is 41.4 Å². The van der Waals surface area contributed by atoms with Crippen molar-refractivity contribution in [3.63, 3.8) is 0 Å². The molecule has 3 heterocycles. The highest BCUT2D eigenvalue weighted by Gasteiger charge is 2.26. The van der Waals surface area contributed by atoms with Gasteiger partial charge in [-0.2, -0.15) is 0 Å². The van der Waals surface area contributed by atoms with Gasteiger partial charge in [0, 0.05) is 31.4 Å². The number of pyridine rings is 1. The summed E-state index contributed by atoms with van der Waals surface area (Å²) in [5.41, 5.74) is 0.674. The summed E-state index contributed by atoms with van der Waals surface area (Å²) in [7, 11) is -3.77. The van der Waals surface area contributed by atoms with Gasteiger partial charge >= 0.3 is 0 Å². The third-order valence-electron chi connectivity index (χ3n) is 6.53. The minimum absolute atomic E-state index is 0.00205. The fourth-order valence-corrected chi connectivity index (χ4v) is 5.61. The molecule has 1 saturated heterocycles. The van der Waals surface area contributed by atoms with Crippen molar-refractivity contribution in [2.75, 3.05) is 30.8 Å². The van der Waals surface area contributed by atoms with Crippen molar-refractivity contribution >= 4 is 50.1 Å². The number of fused-ring (bicyclic) bond motifs is 1. The molecule has 0 atom stereocenters. The molecule has 11 nitrogen and oxygen atoms in total. The Morgan fingerprint density at radius 1 is 1.18 bits per heavy atom. The van der Waals surface area contributed by atoms with Crippen LogP contribution in [0.1, 0.15) is 37.3 Å². The number of likely N-dealkylation sites (tertiary alicyclic amines) is 1. The maximum atomic E-state index is 13.4. The number of nitrogens with zero attached hydrogens (tertiary/aromatic N) is 4. The zero-order valence-corrected chi connectivity index (χ0v) is 22.8. The van der Waals surface area contributed by atoms with Crippen molar-refractivity contribution < 1.29 is 23.1 Å². The maximum absolute atomic E-state index is 13.4. The minimum atomic E-state index is -3.77. The van der Waals surface area contributed by atoms with Crippen molar-refractivity contribution in [3.8, 4) is 0 Å². The van der Waals surface area contributed by atoms with E-state index in [9.17, 15) is 18.0 Å². The summed E-state index contributed by atoms with van der Waals surface area (Å²) in [6, 6.07) is 7.76. The van der Waals surface area contributed by atoms with E-state index in [0.717, 1.165) is 25.9 Å². The van der Waals surface area contributed by atoms with Gasteiger partial charge in [-0.25, -0.2) is 18.4 Å². The van der Waals surface area contributed by atoms with Crippen LogP contribution in [0.4, 0.5) is 5.82 Å². The molecule has 2 amide bonds. The fraction of sp³-hybridized carbons (Fsp3) is 0.440. The Morgan fingerprint density at radius 2 is 1.92 bits per heavy atom. The summed E-state index contributed by atoms with van der Waals surface area (Å²) in [4.78, 5) is 37.1. The normalized spacial score (nSPS) is 15.2. The van der Waals surface area contributed by atoms with Crippen molar-refractivity contribution in [3.05, 3.63) is 47.4 Å². The van der Waals surface area contributed by atoms with Crippen LogP contribution in [-0.2, 0) is 21.2 Å². The molecule has 0 aliphatic carbocycles. The summed E-state index contributed by atoms with van der Waals surface area (Å²) < 4.78 is 26.6. The van der Waals surface area contributed by atoms with Gasteiger partial charge in [-0.1, -0.05) is 11.6 Å². The zero-order valence-electron chi connectivity index (χ0n) is 21.2. The molecule has 204 valence electrons. The number of carbonyl (C=O) groups is 2. The van der Waals surface area contributed by atoms with Gasteiger partial charge < -0.3 is 25.2 Å². The van der Waals surface area contributed by atoms with Gasteiger partial charge in [-0.15, -0.1) is 0 Å². The van der Waals surface area contributed by atoms with Crippen LogP contribution < -0.4 is 10.6 Å². The first-order valence-corrected chi connectivity index (χ1v) is 14.4. The standard InChI is InChI=1S/C25H31ClN6O5S/c1-16(2)31-9-7-18(8-10-31)28-25(35)24-29-20-5-4-19(38(36,37)12-11-33)13-21(20)32(24)15-23(34)30-22-6-3-17(26)14-27-22/h3-6,13-14,16,18,33H,7-12,15H2,1-2H3,(H,28,35)(H,27,30,34). The highest BCUT2D eigenvalue weighted by molar-refractivity contribution is 7.91. The Morgan fingerprint density at radius 3 is 2.55 bits per heavy atom. The highest BCUT2D eigenvalue weighted by atomic mass is 35.5. The van der Waals surface area contributed by atoms with E-state index in [2.05, 4.69) is 39.3 Å². The molecule has 3 aromatic rings. The van der Waals surface area contributed by atoms with Gasteiger partial charge in [0.2, 0.25) is 11.7 Å². The Labute approximate surface area is 226 Å². The number of anilines is 1. The SMILES string of the molecule is CC(C)N1CCC(NC(=O)c2nc3ccc(S(=O)(=O)CCO)cc3n2CC(=O)Nc2ccc(Cl)cn2)CC1. The molecular formula is C25H31ClN6O5S. The fourth-order valence-electron chi connectivity index (χ4n) is 4.45. The van der Waals surface area contributed by atoms with Crippen LogP contribution in [0.2, 0.25) is 5.02 Å². The molecule has 1 fully saturated rings. The van der Waals surface area contributed by atoms with Gasteiger partial charge in [0.1, 0.15) is 12.4 Å². The van der Waals surface area contributed by atoms with E-state index in [4.69, 9.17) is 16.7 Å². The Bertz CT molecular complexity index is 1420. The van der Waals surface area contributed by atoms with Gasteiger partial charge in [0.05, 0.1) is 33.3 Å². The quantitative estimate of drug-likeness (QED) is 0.359. The van der Waals surface area contributed by atoms with Crippen LogP contribution in [0.25, 0.3) is 11.0 Å². The van der Waals surface area contributed by atoms with E-state index in [0.29, 0.717) is 22.1 Å². The Hall–Kier alpha value is -3.06. The number of amides is 2. The monoisotopic (exact) mass is 562 g/mol. The third-order valence-corrected chi connectivity index (χ3v) is 8.45. The number of imidazole rings is 1. The second kappa shape index (κ2) is 11.8. The van der Waals surface area contributed by atoms with E-state index in [1.54, 1.807) is 12.1 Å². The average Bonchev–Trinajstić information content (AvgIpc) is 3.23. The summed E-state index contributed by atoms with van der Waals surface area (Å²) in [5.74, 6) is -1.10. The van der Waals surface area contributed by atoms with Gasteiger partial charge in [0.15, 0.2) is 9.84 Å². The number of hydrogen-bond acceptors (Lipinski definition) is 8. The number of aliphatic hydroxyl groups excluding tert-OH is 1. The lowest BCUT2D eigenvalue weighted by molar-refractivity contribution is -0.116. The lowest BCUT2D eigenvalue weighted by Crippen LogP contribution is -2.47. The molecular weight excluding hydrogens is 532 g/mol. The number of nitrogens with one attached hydrogen (secondary N) is 2. The molecule has 4 rings (SSSR count). The summed E-state index contributed by atoms with van der Waals surface area (Å²) in [6.45, 7) is 5.17. The number of benzene rings is 1. The first-order valence-electron chi connectivity index (χ1n) is 12.4. The molecule has 1 aliphatic rings. The molecule has 3 N–H and O–H groups in total. The predicted molar refractivity (Wildman–Crippen MR) is 144 cm³/mol. The number of halogens is 1. The molecule has 0 bridgehead atoms. The van der Waals surface area contributed by atoms with Crippen LogP contribution >= 0.6 is 11.6 Å². The van der Waals surface area contributed by atoms with E-state index in [1.807, 2.05) is 0 Å². The first kappa shape index (κ1) is 28.0. The van der Waals surface area contributed by atoms with Gasteiger partial charge in [-0.3, -0.25) is 9.59 Å². The average molecular weight is 563 g/mol. The van der Waals surface area contributed by atoms with Crippen molar-refractivity contribution in [2.45, 2.75) is 50.2 Å². The lowest BCUT2D eigenvalue weighted by atomic mass is 10.0. The number of carbonyl (C=O) groups excluding carboxylic acids is 2. The molecule has 13 heteroatoms. The molecule has 1 aliphatic heterocycles. The summed E-state index contributed by atoms with van der Waals surface area (Å²) in [5, 5.41) is 15.3. The lowest BCUT2D eigenvalue weighted by Gasteiger charge is -2.34. The molecule has 0 unspecified atom stereocenters. The van der Waals surface area contributed by atoms with Crippen molar-refractivity contribution in [1.82, 2.24) is 24.8 Å². The molecule has 0 spiro atoms. The number of piperidine rings is 1. The van der Waals surface area contributed by atoms with E-state index in [-0.39, 0.29) is 29.1 Å². The van der Waals surface area contributed by atoms with Gasteiger partial charge in [0.25, 0.3) is 5.91 Å². The second-order valence-corrected chi connectivity index (χ2v) is 12.0. The van der Waals surface area contributed by atoms with Crippen LogP contribution in [-0.4, -0.2) is 82.3 Å². The highest BCUT2D eigenvalue weighted by Crippen LogP contribution is 2.23. The molecule has 2 aromatic heterocycles. The predicted octanol–water partition coefficient (Wildman–Crippen LogP) is 2.09. The number of hydrogen-bond donors (Lipinski definition) is 3. The first-order chi connectivity index (χ1) is 18.1. The van der Waals surface area contributed by atoms with E-state index in [1.165, 1.54) is 29.0 Å². The number of sulfone groups is 1. The maximum Gasteiger partial charge on any atom is 0.287 e. The second-order valence-electron chi connectivity index (χ2n) is 9.50.